The Bertz CT molecular complexity index is 1010. The molecule has 2 aromatic heterocycles. The third-order valence-corrected chi connectivity index (χ3v) is 5.83. The van der Waals surface area contributed by atoms with E-state index in [2.05, 4.69) is 41.5 Å². The number of anilines is 2. The Morgan fingerprint density at radius 2 is 1.97 bits per heavy atom. The summed E-state index contributed by atoms with van der Waals surface area (Å²) in [5.74, 6) is 0.421. The Kier molecular flexibility index (Phi) is 6.89. The highest BCUT2D eigenvalue weighted by molar-refractivity contribution is 5.78. The molecule has 0 aromatic carbocycles. The molecule has 2 unspecified atom stereocenters. The van der Waals surface area contributed by atoms with Gasteiger partial charge in [-0.2, -0.15) is 5.10 Å². The number of carbonyl (C=O) groups excluding carboxylic acids is 1. The second-order valence-corrected chi connectivity index (χ2v) is 11.3. The van der Waals surface area contributed by atoms with Crippen molar-refractivity contribution in [2.24, 2.45) is 5.41 Å². The number of hydrogen-bond donors (Lipinski definition) is 2. The Hall–Kier alpha value is -2.48. The van der Waals surface area contributed by atoms with E-state index in [0.29, 0.717) is 31.0 Å². The van der Waals surface area contributed by atoms with E-state index in [9.17, 15) is 9.18 Å². The van der Waals surface area contributed by atoms with Crippen molar-refractivity contribution >= 4 is 17.6 Å². The first-order valence-corrected chi connectivity index (χ1v) is 11.6. The normalized spacial score (nSPS) is 21.7. The molecule has 1 saturated heterocycles. The van der Waals surface area contributed by atoms with Crippen LogP contribution < -0.4 is 10.6 Å². The number of nitrogens with one attached hydrogen (secondary N) is 2. The molecule has 3 heterocycles. The molecule has 0 amide bonds. The summed E-state index contributed by atoms with van der Waals surface area (Å²) in [6.45, 7) is 16.5. The molecule has 3 rings (SSSR count). The van der Waals surface area contributed by atoms with Gasteiger partial charge in [0.05, 0.1) is 16.6 Å². The van der Waals surface area contributed by atoms with Crippen LogP contribution >= 0.6 is 0 Å². The first-order valence-electron chi connectivity index (χ1n) is 11.6. The number of aryl methyl sites for hydroxylation is 1. The molecule has 33 heavy (non-hydrogen) atoms. The van der Waals surface area contributed by atoms with Crippen LogP contribution in [0.1, 0.15) is 72.7 Å². The first-order chi connectivity index (χ1) is 15.2. The fourth-order valence-electron chi connectivity index (χ4n) is 4.47. The Balaban J connectivity index is 1.89. The number of nitrogens with zero attached hydrogens (tertiary/aromatic N) is 3. The van der Waals surface area contributed by atoms with Crippen LogP contribution in [0.15, 0.2) is 18.2 Å². The van der Waals surface area contributed by atoms with Gasteiger partial charge in [0.15, 0.2) is 5.82 Å². The van der Waals surface area contributed by atoms with Gasteiger partial charge in [-0.25, -0.2) is 9.37 Å². The van der Waals surface area contributed by atoms with Crippen LogP contribution in [0.4, 0.5) is 16.0 Å². The zero-order valence-corrected chi connectivity index (χ0v) is 21.2. The number of pyridine rings is 1. The van der Waals surface area contributed by atoms with E-state index in [0.717, 1.165) is 5.69 Å². The van der Waals surface area contributed by atoms with Gasteiger partial charge in [0.1, 0.15) is 17.2 Å². The third-order valence-electron chi connectivity index (χ3n) is 5.83. The molecule has 0 spiro atoms. The average Bonchev–Trinajstić information content (AvgIpc) is 3.03. The summed E-state index contributed by atoms with van der Waals surface area (Å²) >= 11 is 0. The largest absolute Gasteiger partial charge is 0.460 e. The number of hydrogen-bond acceptors (Lipinski definition) is 6. The lowest BCUT2D eigenvalue weighted by atomic mass is 9.72. The molecular weight excluding hydrogens is 421 g/mol. The SMILES string of the molecule is Cc1cc(Nc2ccc(F)c(CC3(C(=O)OC(C)(C)C)CCNC(C)C3)n2)nn1C(C)(C)C. The Labute approximate surface area is 196 Å². The van der Waals surface area contributed by atoms with E-state index in [-0.39, 0.29) is 29.7 Å². The summed E-state index contributed by atoms with van der Waals surface area (Å²) in [7, 11) is 0. The highest BCUT2D eigenvalue weighted by Gasteiger charge is 2.45. The molecule has 8 heteroatoms. The van der Waals surface area contributed by atoms with Crippen molar-refractivity contribution in [3.8, 4) is 0 Å². The molecule has 1 aliphatic rings. The second kappa shape index (κ2) is 9.05. The van der Waals surface area contributed by atoms with Crippen molar-refractivity contribution in [1.29, 1.82) is 0 Å². The smallest absolute Gasteiger partial charge is 0.313 e. The first kappa shape index (κ1) is 25.1. The van der Waals surface area contributed by atoms with Crippen molar-refractivity contribution in [3.05, 3.63) is 35.4 Å². The van der Waals surface area contributed by atoms with E-state index in [4.69, 9.17) is 4.74 Å². The van der Waals surface area contributed by atoms with Gasteiger partial charge in [-0.15, -0.1) is 0 Å². The molecule has 2 N–H and O–H groups in total. The van der Waals surface area contributed by atoms with Gasteiger partial charge in [0.25, 0.3) is 0 Å². The Morgan fingerprint density at radius 1 is 1.27 bits per heavy atom. The number of aromatic nitrogens is 3. The molecule has 1 aliphatic heterocycles. The highest BCUT2D eigenvalue weighted by Crippen LogP contribution is 2.38. The van der Waals surface area contributed by atoms with Crippen molar-refractivity contribution in [2.75, 3.05) is 11.9 Å². The molecule has 1 fully saturated rings. The standard InChI is InChI=1S/C25H38FN5O2/c1-16-14-25(11-12-27-16,22(32)33-24(6,7)8)15-19-18(26)9-10-20(28-19)29-21-13-17(2)31(30-21)23(3,4)5/h9-10,13,16,27H,11-12,14-15H2,1-8H3,(H,28,29,30). The minimum absolute atomic E-state index is 0.125. The minimum Gasteiger partial charge on any atom is -0.460 e. The van der Waals surface area contributed by atoms with Crippen LogP contribution in [0.2, 0.25) is 0 Å². The van der Waals surface area contributed by atoms with Crippen LogP contribution in [0.5, 0.6) is 0 Å². The lowest BCUT2D eigenvalue weighted by molar-refractivity contribution is -0.170. The summed E-state index contributed by atoms with van der Waals surface area (Å²) < 4.78 is 22.6. The predicted octanol–water partition coefficient (Wildman–Crippen LogP) is 4.87. The number of carbonyl (C=O) groups is 1. The van der Waals surface area contributed by atoms with E-state index >= 15 is 0 Å². The fourth-order valence-corrected chi connectivity index (χ4v) is 4.47. The number of ether oxygens (including phenoxy) is 1. The number of piperidine rings is 1. The average molecular weight is 460 g/mol. The summed E-state index contributed by atoms with van der Waals surface area (Å²) in [4.78, 5) is 17.8. The quantitative estimate of drug-likeness (QED) is 0.621. The third kappa shape index (κ3) is 6.10. The Morgan fingerprint density at radius 3 is 2.55 bits per heavy atom. The molecule has 2 aromatic rings. The van der Waals surface area contributed by atoms with Crippen molar-refractivity contribution < 1.29 is 13.9 Å². The van der Waals surface area contributed by atoms with Gasteiger partial charge >= 0.3 is 5.97 Å². The van der Waals surface area contributed by atoms with Crippen LogP contribution in [-0.2, 0) is 21.5 Å². The topological polar surface area (TPSA) is 81.1 Å². The summed E-state index contributed by atoms with van der Waals surface area (Å²) in [5, 5.41) is 11.2. The maximum Gasteiger partial charge on any atom is 0.313 e. The molecule has 2 atom stereocenters. The molecule has 0 bridgehead atoms. The number of rotatable bonds is 5. The van der Waals surface area contributed by atoms with Gasteiger partial charge < -0.3 is 15.4 Å². The maximum atomic E-state index is 14.9. The van der Waals surface area contributed by atoms with E-state index < -0.39 is 16.8 Å². The van der Waals surface area contributed by atoms with Crippen LogP contribution in [-0.4, -0.2) is 38.9 Å². The van der Waals surface area contributed by atoms with Gasteiger partial charge in [-0.3, -0.25) is 9.48 Å². The van der Waals surface area contributed by atoms with Gasteiger partial charge in [0, 0.05) is 24.2 Å². The second-order valence-electron chi connectivity index (χ2n) is 11.3. The minimum atomic E-state index is -0.825. The summed E-state index contributed by atoms with van der Waals surface area (Å²) in [5.41, 5.74) is -0.324. The van der Waals surface area contributed by atoms with E-state index in [1.54, 1.807) is 6.07 Å². The van der Waals surface area contributed by atoms with Crippen molar-refractivity contribution in [2.45, 2.75) is 91.8 Å². The van der Waals surface area contributed by atoms with Crippen LogP contribution in [0.3, 0.4) is 0 Å². The molecule has 0 saturated carbocycles. The van der Waals surface area contributed by atoms with Gasteiger partial charge in [0.2, 0.25) is 0 Å². The lowest BCUT2D eigenvalue weighted by Crippen LogP contribution is -2.50. The summed E-state index contributed by atoms with van der Waals surface area (Å²) in [6.07, 6.45) is 1.32. The zero-order valence-electron chi connectivity index (χ0n) is 21.2. The number of esters is 1. The van der Waals surface area contributed by atoms with Crippen LogP contribution in [0.25, 0.3) is 0 Å². The summed E-state index contributed by atoms with van der Waals surface area (Å²) in [6, 6.07) is 5.05. The number of halogens is 1. The van der Waals surface area contributed by atoms with Gasteiger partial charge in [-0.05, 0) is 86.9 Å². The molecule has 0 aliphatic carbocycles. The molecular formula is C25H38FN5O2. The van der Waals surface area contributed by atoms with E-state index in [1.165, 1.54) is 6.07 Å². The van der Waals surface area contributed by atoms with Crippen LogP contribution in [0, 0.1) is 18.2 Å². The molecule has 7 nitrogen and oxygen atoms in total. The maximum absolute atomic E-state index is 14.9. The lowest BCUT2D eigenvalue weighted by Gasteiger charge is -2.40. The highest BCUT2D eigenvalue weighted by atomic mass is 19.1. The predicted molar refractivity (Wildman–Crippen MR) is 128 cm³/mol. The fraction of sp³-hybridized carbons (Fsp3) is 0.640. The van der Waals surface area contributed by atoms with Crippen molar-refractivity contribution in [1.82, 2.24) is 20.1 Å². The van der Waals surface area contributed by atoms with E-state index in [1.807, 2.05) is 45.4 Å². The van der Waals surface area contributed by atoms with Crippen molar-refractivity contribution in [3.63, 3.8) is 0 Å². The monoisotopic (exact) mass is 459 g/mol. The van der Waals surface area contributed by atoms with Gasteiger partial charge in [-0.1, -0.05) is 0 Å². The molecule has 182 valence electrons. The molecule has 0 radical (unpaired) electrons. The zero-order chi connectivity index (χ0) is 24.6.